The molecule has 1 saturated carbocycles. The van der Waals surface area contributed by atoms with Gasteiger partial charge in [0.15, 0.2) is 0 Å². The van der Waals surface area contributed by atoms with Crippen LogP contribution in [0.3, 0.4) is 0 Å². The van der Waals surface area contributed by atoms with E-state index in [1.54, 1.807) is 18.3 Å². The molecule has 28 heavy (non-hydrogen) atoms. The molecule has 0 N–H and O–H groups in total. The summed E-state index contributed by atoms with van der Waals surface area (Å²) in [5.74, 6) is 0.960. The molecule has 150 valence electrons. The normalized spacial score (nSPS) is 16.7. The molecule has 3 heterocycles. The summed E-state index contributed by atoms with van der Waals surface area (Å²) < 4.78 is 13.0. The number of hydrogen-bond acceptors (Lipinski definition) is 6. The van der Waals surface area contributed by atoms with Crippen LogP contribution in [0.1, 0.15) is 56.5 Å². The maximum absolute atomic E-state index is 12.6. The van der Waals surface area contributed by atoms with Gasteiger partial charge in [0.2, 0.25) is 5.88 Å². The quantitative estimate of drug-likeness (QED) is 0.808. The molecule has 0 bridgehead atoms. The van der Waals surface area contributed by atoms with E-state index in [0.717, 1.165) is 47.5 Å². The lowest BCUT2D eigenvalue weighted by Gasteiger charge is -2.30. The standard InChI is InChI=1S/C20H27N5O3/c1-20(2,3)28-19(26)25-9-8-14-13(10-25)17(23-24(14)4)15-16(12-6-7-12)21-11-22-18(15)27-5/h11-12H,6-10H2,1-5H3. The molecule has 0 saturated heterocycles. The van der Waals surface area contributed by atoms with E-state index in [1.807, 2.05) is 32.5 Å². The minimum Gasteiger partial charge on any atom is -0.480 e. The van der Waals surface area contributed by atoms with Crippen molar-refractivity contribution in [3.8, 4) is 17.1 Å². The zero-order chi connectivity index (χ0) is 20.1. The van der Waals surface area contributed by atoms with E-state index in [0.29, 0.717) is 24.9 Å². The number of aromatic nitrogens is 4. The van der Waals surface area contributed by atoms with E-state index in [-0.39, 0.29) is 6.09 Å². The van der Waals surface area contributed by atoms with Gasteiger partial charge in [-0.1, -0.05) is 0 Å². The van der Waals surface area contributed by atoms with Gasteiger partial charge in [-0.15, -0.1) is 0 Å². The predicted octanol–water partition coefficient (Wildman–Crippen LogP) is 3.06. The Kier molecular flexibility index (Phi) is 4.51. The Bertz CT molecular complexity index is 911. The number of amides is 1. The summed E-state index contributed by atoms with van der Waals surface area (Å²) in [4.78, 5) is 23.2. The summed E-state index contributed by atoms with van der Waals surface area (Å²) in [5.41, 5.74) is 4.28. The van der Waals surface area contributed by atoms with Crippen molar-refractivity contribution in [1.82, 2.24) is 24.6 Å². The number of fused-ring (bicyclic) bond motifs is 1. The molecular formula is C20H27N5O3. The molecule has 2 aromatic heterocycles. The Balaban J connectivity index is 1.74. The Morgan fingerprint density at radius 2 is 2.00 bits per heavy atom. The van der Waals surface area contributed by atoms with E-state index in [1.165, 1.54) is 0 Å². The van der Waals surface area contributed by atoms with Crippen LogP contribution >= 0.6 is 0 Å². The van der Waals surface area contributed by atoms with Gasteiger partial charge in [0.1, 0.15) is 17.6 Å². The number of rotatable bonds is 3. The predicted molar refractivity (Wildman–Crippen MR) is 103 cm³/mol. The molecule has 2 aliphatic rings. The summed E-state index contributed by atoms with van der Waals surface area (Å²) in [5, 5.41) is 4.79. The summed E-state index contributed by atoms with van der Waals surface area (Å²) in [7, 11) is 3.56. The van der Waals surface area contributed by atoms with Crippen LogP contribution in [0.25, 0.3) is 11.3 Å². The van der Waals surface area contributed by atoms with Crippen molar-refractivity contribution < 1.29 is 14.3 Å². The van der Waals surface area contributed by atoms with E-state index in [2.05, 4.69) is 9.97 Å². The highest BCUT2D eigenvalue weighted by Gasteiger charge is 2.35. The van der Waals surface area contributed by atoms with E-state index in [9.17, 15) is 4.79 Å². The van der Waals surface area contributed by atoms with E-state index < -0.39 is 5.60 Å². The summed E-state index contributed by atoms with van der Waals surface area (Å²) in [6.45, 7) is 6.70. The van der Waals surface area contributed by atoms with Gasteiger partial charge in [0.05, 0.1) is 24.9 Å². The Morgan fingerprint density at radius 1 is 1.25 bits per heavy atom. The molecule has 1 fully saturated rings. The molecule has 0 atom stereocenters. The summed E-state index contributed by atoms with van der Waals surface area (Å²) in [6.07, 6.45) is 4.22. The third-order valence-electron chi connectivity index (χ3n) is 5.13. The highest BCUT2D eigenvalue weighted by atomic mass is 16.6. The third-order valence-corrected chi connectivity index (χ3v) is 5.13. The Labute approximate surface area is 164 Å². The van der Waals surface area contributed by atoms with Crippen molar-refractivity contribution in [2.24, 2.45) is 7.05 Å². The van der Waals surface area contributed by atoms with Crippen molar-refractivity contribution in [2.75, 3.05) is 13.7 Å². The van der Waals surface area contributed by atoms with E-state index >= 15 is 0 Å². The topological polar surface area (TPSA) is 82.4 Å². The van der Waals surface area contributed by atoms with Crippen LogP contribution in [0.5, 0.6) is 5.88 Å². The Hall–Kier alpha value is -2.64. The lowest BCUT2D eigenvalue weighted by Crippen LogP contribution is -2.40. The first-order chi connectivity index (χ1) is 13.3. The first-order valence-electron chi connectivity index (χ1n) is 9.70. The maximum Gasteiger partial charge on any atom is 0.410 e. The van der Waals surface area contributed by atoms with Gasteiger partial charge in [-0.3, -0.25) is 4.68 Å². The highest BCUT2D eigenvalue weighted by molar-refractivity contribution is 5.74. The zero-order valence-electron chi connectivity index (χ0n) is 17.2. The molecule has 0 aromatic carbocycles. The van der Waals surface area contributed by atoms with Gasteiger partial charge >= 0.3 is 6.09 Å². The SMILES string of the molecule is COc1ncnc(C2CC2)c1-c1nn(C)c2c1CN(C(=O)OC(C)(C)C)CC2. The summed E-state index contributed by atoms with van der Waals surface area (Å²) >= 11 is 0. The molecule has 8 nitrogen and oxygen atoms in total. The fourth-order valence-corrected chi connectivity index (χ4v) is 3.70. The molecule has 4 rings (SSSR count). The fourth-order valence-electron chi connectivity index (χ4n) is 3.70. The van der Waals surface area contributed by atoms with Crippen molar-refractivity contribution in [1.29, 1.82) is 0 Å². The number of aryl methyl sites for hydroxylation is 1. The molecule has 8 heteroatoms. The second kappa shape index (κ2) is 6.76. The molecule has 1 aliphatic carbocycles. The number of nitrogens with zero attached hydrogens (tertiary/aromatic N) is 5. The second-order valence-electron chi connectivity index (χ2n) is 8.47. The van der Waals surface area contributed by atoms with Crippen LogP contribution in [-0.2, 0) is 24.8 Å². The maximum atomic E-state index is 12.6. The smallest absolute Gasteiger partial charge is 0.410 e. The number of carbonyl (C=O) groups is 1. The third kappa shape index (κ3) is 3.43. The number of hydrogen-bond donors (Lipinski definition) is 0. The van der Waals surface area contributed by atoms with E-state index in [4.69, 9.17) is 14.6 Å². The van der Waals surface area contributed by atoms with Crippen LogP contribution < -0.4 is 4.74 Å². The van der Waals surface area contributed by atoms with Crippen molar-refractivity contribution >= 4 is 6.09 Å². The van der Waals surface area contributed by atoms with Gasteiger partial charge in [-0.2, -0.15) is 5.10 Å². The van der Waals surface area contributed by atoms with Crippen LogP contribution in [0, 0.1) is 0 Å². The number of carbonyl (C=O) groups excluding carboxylic acids is 1. The molecule has 1 amide bonds. The molecule has 1 aliphatic heterocycles. The van der Waals surface area contributed by atoms with Crippen molar-refractivity contribution in [3.05, 3.63) is 23.3 Å². The van der Waals surface area contributed by atoms with Gasteiger partial charge in [0, 0.05) is 37.2 Å². The molecule has 2 aromatic rings. The minimum atomic E-state index is -0.523. The second-order valence-corrected chi connectivity index (χ2v) is 8.47. The van der Waals surface area contributed by atoms with Crippen LogP contribution in [0.15, 0.2) is 6.33 Å². The molecule has 0 radical (unpaired) electrons. The first kappa shape index (κ1) is 18.7. The number of ether oxygens (including phenoxy) is 2. The lowest BCUT2D eigenvalue weighted by atomic mass is 9.99. The Morgan fingerprint density at radius 3 is 2.64 bits per heavy atom. The summed E-state index contributed by atoms with van der Waals surface area (Å²) in [6, 6.07) is 0. The molecule has 0 spiro atoms. The minimum absolute atomic E-state index is 0.299. The van der Waals surface area contributed by atoms with Crippen molar-refractivity contribution in [2.45, 2.75) is 58.1 Å². The fraction of sp³-hybridized carbons (Fsp3) is 0.600. The van der Waals surface area contributed by atoms with Gasteiger partial charge in [-0.05, 0) is 33.6 Å². The monoisotopic (exact) mass is 385 g/mol. The first-order valence-corrected chi connectivity index (χ1v) is 9.70. The van der Waals surface area contributed by atoms with Crippen molar-refractivity contribution in [3.63, 3.8) is 0 Å². The average molecular weight is 385 g/mol. The molecular weight excluding hydrogens is 358 g/mol. The lowest BCUT2D eigenvalue weighted by molar-refractivity contribution is 0.0223. The van der Waals surface area contributed by atoms with Crippen LogP contribution in [0.2, 0.25) is 0 Å². The highest BCUT2D eigenvalue weighted by Crippen LogP contribution is 2.46. The largest absolute Gasteiger partial charge is 0.480 e. The van der Waals surface area contributed by atoms with Gasteiger partial charge in [-0.25, -0.2) is 14.8 Å². The average Bonchev–Trinajstić information content (AvgIpc) is 3.44. The number of methoxy groups -OCH3 is 1. The zero-order valence-corrected chi connectivity index (χ0v) is 17.2. The van der Waals surface area contributed by atoms with Crippen LogP contribution in [-0.4, -0.2) is 50.0 Å². The van der Waals surface area contributed by atoms with Gasteiger partial charge < -0.3 is 14.4 Å². The van der Waals surface area contributed by atoms with Crippen LogP contribution in [0.4, 0.5) is 4.79 Å². The van der Waals surface area contributed by atoms with Gasteiger partial charge in [0.25, 0.3) is 0 Å². The molecule has 0 unspecified atom stereocenters.